The fourth-order valence-electron chi connectivity index (χ4n) is 4.77. The van der Waals surface area contributed by atoms with Crippen molar-refractivity contribution in [3.05, 3.63) is 88.4 Å². The van der Waals surface area contributed by atoms with Crippen molar-refractivity contribution < 1.29 is 27.5 Å². The largest absolute Gasteiger partial charge is 0.394 e. The Kier molecular flexibility index (Phi) is 8.40. The molecule has 3 heterocycles. The number of pyridine rings is 1. The number of likely N-dealkylation sites (tertiary alicyclic amines) is 1. The molecule has 0 radical (unpaired) electrons. The van der Waals surface area contributed by atoms with Gasteiger partial charge in [-0.05, 0) is 66.8 Å². The van der Waals surface area contributed by atoms with Crippen LogP contribution in [0.25, 0.3) is 0 Å². The molecule has 0 saturated carbocycles. The number of ether oxygens (including phenoxy) is 1. The summed E-state index contributed by atoms with van der Waals surface area (Å²) in [6, 6.07) is 6.81. The van der Waals surface area contributed by atoms with E-state index < -0.39 is 24.1 Å². The van der Waals surface area contributed by atoms with Crippen LogP contribution in [0.2, 0.25) is 0 Å². The molecule has 196 valence electrons. The van der Waals surface area contributed by atoms with Gasteiger partial charge in [0.25, 0.3) is 6.86 Å². The van der Waals surface area contributed by atoms with E-state index in [1.54, 1.807) is 25.3 Å². The standard InChI is InChI=1S/C27H29F3N4O3/c1-18(35)11-22-21(14-31-2)16-36-27(22)7-9-34(10-8-27)15-19-3-6-25(32-13-19)26(33-37-17-28)20-4-5-23(29)24(30)12-20/h3-6,11-14,31H,7-10,15-17H2,1-2H3/b21-14-,22-11+,33-26+. The lowest BCUT2D eigenvalue weighted by molar-refractivity contribution is -0.112. The molecular weight excluding hydrogens is 485 g/mol. The molecule has 1 aromatic carbocycles. The third-order valence-corrected chi connectivity index (χ3v) is 6.54. The molecule has 1 N–H and O–H groups in total. The Morgan fingerprint density at radius 2 is 2.03 bits per heavy atom. The molecule has 4 rings (SSSR count). The third kappa shape index (κ3) is 6.08. The topological polar surface area (TPSA) is 76.1 Å². The normalized spacial score (nSPS) is 20.1. The van der Waals surface area contributed by atoms with Crippen LogP contribution in [0.4, 0.5) is 13.2 Å². The van der Waals surface area contributed by atoms with Crippen LogP contribution in [0.15, 0.2) is 65.1 Å². The Bertz CT molecular complexity index is 1220. The average Bonchev–Trinajstić information content (AvgIpc) is 3.20. The number of carbonyl (C=O) groups excluding carboxylic acids is 1. The zero-order valence-corrected chi connectivity index (χ0v) is 20.8. The smallest absolute Gasteiger partial charge is 0.255 e. The highest BCUT2D eigenvalue weighted by molar-refractivity contribution is 6.11. The molecular formula is C27H29F3N4O3. The first kappa shape index (κ1) is 26.6. The summed E-state index contributed by atoms with van der Waals surface area (Å²) in [7, 11) is 1.83. The molecule has 0 amide bonds. The number of oxime groups is 1. The fraction of sp³-hybridized carbons (Fsp3) is 0.370. The summed E-state index contributed by atoms with van der Waals surface area (Å²) in [6.07, 6.45) is 6.76. The fourth-order valence-corrected chi connectivity index (χ4v) is 4.77. The van der Waals surface area contributed by atoms with E-state index in [4.69, 9.17) is 4.74 Å². The van der Waals surface area contributed by atoms with Crippen molar-refractivity contribution in [3.63, 3.8) is 0 Å². The van der Waals surface area contributed by atoms with Gasteiger partial charge in [0.05, 0.1) is 17.9 Å². The van der Waals surface area contributed by atoms with Gasteiger partial charge in [-0.15, -0.1) is 0 Å². The number of halogens is 3. The maximum absolute atomic E-state index is 13.8. The second-order valence-corrected chi connectivity index (χ2v) is 9.04. The second kappa shape index (κ2) is 11.7. The number of nitrogens with one attached hydrogen (secondary N) is 1. The monoisotopic (exact) mass is 514 g/mol. The van der Waals surface area contributed by atoms with Crippen molar-refractivity contribution in [1.82, 2.24) is 15.2 Å². The van der Waals surface area contributed by atoms with Gasteiger partial charge in [0, 0.05) is 44.6 Å². The summed E-state index contributed by atoms with van der Waals surface area (Å²) in [5.41, 5.74) is 3.09. The molecule has 1 spiro atoms. The number of alkyl halides is 1. The number of nitrogens with zero attached hydrogens (tertiary/aromatic N) is 3. The van der Waals surface area contributed by atoms with Gasteiger partial charge in [-0.3, -0.25) is 14.7 Å². The van der Waals surface area contributed by atoms with Crippen molar-refractivity contribution in [3.8, 4) is 0 Å². The number of piperidine rings is 1. The molecule has 0 aliphatic carbocycles. The van der Waals surface area contributed by atoms with Crippen molar-refractivity contribution in [1.29, 1.82) is 0 Å². The van der Waals surface area contributed by atoms with Crippen LogP contribution in [-0.2, 0) is 20.9 Å². The molecule has 2 aliphatic rings. The maximum Gasteiger partial charge on any atom is 0.255 e. The van der Waals surface area contributed by atoms with Crippen LogP contribution in [0.5, 0.6) is 0 Å². The zero-order valence-electron chi connectivity index (χ0n) is 20.8. The predicted octanol–water partition coefficient (Wildman–Crippen LogP) is 4.04. The van der Waals surface area contributed by atoms with Crippen LogP contribution in [-0.4, -0.2) is 60.6 Å². The van der Waals surface area contributed by atoms with Crippen LogP contribution in [0.1, 0.15) is 36.6 Å². The van der Waals surface area contributed by atoms with E-state index in [9.17, 15) is 18.0 Å². The minimum Gasteiger partial charge on any atom is -0.394 e. The van der Waals surface area contributed by atoms with Crippen LogP contribution in [0, 0.1) is 11.6 Å². The minimum absolute atomic E-state index is 0.00123. The SMILES string of the molecule is CN/C=C1/COC2(CCN(Cc3ccc(/C(=N/OCF)c4ccc(F)c(F)c4)nc3)CC2)/C1=C/C(C)=O. The number of benzene rings is 1. The number of aromatic nitrogens is 1. The number of rotatable bonds is 8. The van der Waals surface area contributed by atoms with Crippen molar-refractivity contribution >= 4 is 11.5 Å². The second-order valence-electron chi connectivity index (χ2n) is 9.04. The van der Waals surface area contributed by atoms with E-state index >= 15 is 0 Å². The lowest BCUT2D eigenvalue weighted by atomic mass is 9.82. The molecule has 0 bridgehead atoms. The maximum atomic E-state index is 13.8. The average molecular weight is 515 g/mol. The molecule has 37 heavy (non-hydrogen) atoms. The van der Waals surface area contributed by atoms with Gasteiger partial charge in [0.1, 0.15) is 5.71 Å². The lowest BCUT2D eigenvalue weighted by Crippen LogP contribution is -2.44. The molecule has 10 heteroatoms. The highest BCUT2D eigenvalue weighted by Crippen LogP contribution is 2.43. The first-order valence-electron chi connectivity index (χ1n) is 12.0. The molecule has 2 saturated heterocycles. The van der Waals surface area contributed by atoms with Gasteiger partial charge in [0.15, 0.2) is 17.4 Å². The lowest BCUT2D eigenvalue weighted by Gasteiger charge is -2.39. The number of carbonyl (C=O) groups is 1. The number of hydrogen-bond donors (Lipinski definition) is 1. The summed E-state index contributed by atoms with van der Waals surface area (Å²) in [5, 5.41) is 6.75. The Labute approximate surface area is 213 Å². The summed E-state index contributed by atoms with van der Waals surface area (Å²) in [4.78, 5) is 23.1. The van der Waals surface area contributed by atoms with Gasteiger partial charge in [-0.1, -0.05) is 11.2 Å². The Balaban J connectivity index is 1.45. The molecule has 2 aromatic rings. The molecule has 0 unspecified atom stereocenters. The zero-order chi connectivity index (χ0) is 26.4. The number of ketones is 1. The summed E-state index contributed by atoms with van der Waals surface area (Å²) in [5.74, 6) is -2.05. The van der Waals surface area contributed by atoms with E-state index in [2.05, 4.69) is 25.2 Å². The quantitative estimate of drug-likeness (QED) is 0.326. The summed E-state index contributed by atoms with van der Waals surface area (Å²) in [6.45, 7) is 3.05. The minimum atomic E-state index is -1.17. The Hall–Kier alpha value is -3.50. The highest BCUT2D eigenvalue weighted by atomic mass is 19.2. The van der Waals surface area contributed by atoms with E-state index in [0.717, 1.165) is 54.8 Å². The first-order chi connectivity index (χ1) is 17.8. The molecule has 7 nitrogen and oxygen atoms in total. The number of allylic oxidation sites excluding steroid dienone is 1. The van der Waals surface area contributed by atoms with Gasteiger partial charge >= 0.3 is 0 Å². The molecule has 2 fully saturated rings. The van der Waals surface area contributed by atoms with Gasteiger partial charge in [0.2, 0.25) is 0 Å². The molecule has 1 aromatic heterocycles. The van der Waals surface area contributed by atoms with Crippen molar-refractivity contribution in [2.24, 2.45) is 5.16 Å². The van der Waals surface area contributed by atoms with E-state index in [0.29, 0.717) is 18.8 Å². The van der Waals surface area contributed by atoms with Gasteiger partial charge in [-0.2, -0.15) is 0 Å². The van der Waals surface area contributed by atoms with E-state index in [-0.39, 0.29) is 17.1 Å². The van der Waals surface area contributed by atoms with Gasteiger partial charge in [-0.25, -0.2) is 13.2 Å². The van der Waals surface area contributed by atoms with E-state index in [1.165, 1.54) is 6.07 Å². The third-order valence-electron chi connectivity index (χ3n) is 6.54. The van der Waals surface area contributed by atoms with Crippen molar-refractivity contribution in [2.45, 2.75) is 31.9 Å². The Morgan fingerprint density at radius 1 is 1.24 bits per heavy atom. The van der Waals surface area contributed by atoms with Crippen LogP contribution < -0.4 is 5.32 Å². The first-order valence-corrected chi connectivity index (χ1v) is 12.0. The van der Waals surface area contributed by atoms with Crippen molar-refractivity contribution in [2.75, 3.05) is 33.6 Å². The van der Waals surface area contributed by atoms with Gasteiger partial charge < -0.3 is 14.9 Å². The highest BCUT2D eigenvalue weighted by Gasteiger charge is 2.44. The Morgan fingerprint density at radius 3 is 2.65 bits per heavy atom. The van der Waals surface area contributed by atoms with E-state index in [1.807, 2.05) is 19.3 Å². The van der Waals surface area contributed by atoms with Crippen LogP contribution >= 0.6 is 0 Å². The predicted molar refractivity (Wildman–Crippen MR) is 132 cm³/mol. The summed E-state index contributed by atoms with van der Waals surface area (Å²) < 4.78 is 45.9. The molecule has 2 aliphatic heterocycles. The summed E-state index contributed by atoms with van der Waals surface area (Å²) >= 11 is 0. The number of hydrogen-bond acceptors (Lipinski definition) is 7. The molecule has 0 atom stereocenters. The van der Waals surface area contributed by atoms with Crippen LogP contribution in [0.3, 0.4) is 0 Å².